The van der Waals surface area contributed by atoms with Gasteiger partial charge in [0.1, 0.15) is 11.3 Å². The van der Waals surface area contributed by atoms with E-state index in [2.05, 4.69) is 21.6 Å². The van der Waals surface area contributed by atoms with Crippen LogP contribution < -0.4 is 0 Å². The zero-order valence-electron chi connectivity index (χ0n) is 11.9. The van der Waals surface area contributed by atoms with Crippen molar-refractivity contribution in [2.45, 2.75) is 31.7 Å². The Labute approximate surface area is 118 Å². The summed E-state index contributed by atoms with van der Waals surface area (Å²) in [4.78, 5) is 7.08. The minimum Gasteiger partial charge on any atom is -0.307 e. The van der Waals surface area contributed by atoms with Gasteiger partial charge in [0, 0.05) is 13.6 Å². The average molecular weight is 282 g/mol. The molecule has 0 amide bonds. The van der Waals surface area contributed by atoms with Gasteiger partial charge in [0.15, 0.2) is 5.65 Å². The molecule has 0 radical (unpaired) electrons. The van der Waals surface area contributed by atoms with Gasteiger partial charge in [-0.2, -0.15) is 5.10 Å². The SMILES string of the molecule is Cc1nn(C)c2c1nc(C(C)Cl)n2C1CCN(C)C1. The van der Waals surface area contributed by atoms with Crippen LogP contribution in [0.25, 0.3) is 11.2 Å². The molecule has 1 fully saturated rings. The van der Waals surface area contributed by atoms with Crippen molar-refractivity contribution in [3.63, 3.8) is 0 Å². The molecule has 3 heterocycles. The summed E-state index contributed by atoms with van der Waals surface area (Å²) in [6.07, 6.45) is 1.14. The predicted molar refractivity (Wildman–Crippen MR) is 76.7 cm³/mol. The fourth-order valence-electron chi connectivity index (χ4n) is 3.08. The summed E-state index contributed by atoms with van der Waals surface area (Å²) in [5, 5.41) is 4.39. The Bertz CT molecular complexity index is 612. The number of likely N-dealkylation sites (tertiary alicyclic amines) is 1. The molecule has 0 N–H and O–H groups in total. The van der Waals surface area contributed by atoms with E-state index in [0.717, 1.165) is 42.2 Å². The van der Waals surface area contributed by atoms with Crippen LogP contribution in [0, 0.1) is 6.92 Å². The van der Waals surface area contributed by atoms with E-state index >= 15 is 0 Å². The molecular formula is C13H20ClN5. The Hall–Kier alpha value is -1.07. The van der Waals surface area contributed by atoms with Gasteiger partial charge in [-0.15, -0.1) is 11.6 Å². The molecule has 2 aromatic heterocycles. The van der Waals surface area contributed by atoms with Crippen molar-refractivity contribution in [1.82, 2.24) is 24.2 Å². The lowest BCUT2D eigenvalue weighted by Gasteiger charge is -2.18. The van der Waals surface area contributed by atoms with Gasteiger partial charge < -0.3 is 9.47 Å². The molecule has 1 aliphatic heterocycles. The number of rotatable bonds is 2. The fraction of sp³-hybridized carbons (Fsp3) is 0.692. The number of halogens is 1. The summed E-state index contributed by atoms with van der Waals surface area (Å²) in [6.45, 7) is 6.16. The van der Waals surface area contributed by atoms with E-state index in [1.54, 1.807) is 0 Å². The third-order valence-corrected chi connectivity index (χ3v) is 4.14. The van der Waals surface area contributed by atoms with Crippen LogP contribution in [0.1, 0.15) is 36.3 Å². The van der Waals surface area contributed by atoms with Crippen LogP contribution in [-0.2, 0) is 7.05 Å². The second kappa shape index (κ2) is 4.49. The standard InChI is InChI=1S/C13H20ClN5/c1-8(14)12-15-11-9(2)16-18(4)13(11)19(12)10-5-6-17(3)7-10/h8,10H,5-7H2,1-4H3. The van der Waals surface area contributed by atoms with Crippen LogP contribution in [0.5, 0.6) is 0 Å². The molecule has 2 aromatic rings. The molecule has 19 heavy (non-hydrogen) atoms. The highest BCUT2D eigenvalue weighted by atomic mass is 35.5. The van der Waals surface area contributed by atoms with Crippen LogP contribution in [0.4, 0.5) is 0 Å². The Morgan fingerprint density at radius 2 is 2.11 bits per heavy atom. The van der Waals surface area contributed by atoms with Crippen LogP contribution in [0.3, 0.4) is 0 Å². The van der Waals surface area contributed by atoms with Crippen molar-refractivity contribution >= 4 is 22.8 Å². The summed E-state index contributed by atoms with van der Waals surface area (Å²) < 4.78 is 4.23. The van der Waals surface area contributed by atoms with Crippen molar-refractivity contribution in [3.05, 3.63) is 11.5 Å². The lowest BCUT2D eigenvalue weighted by Crippen LogP contribution is -2.19. The summed E-state index contributed by atoms with van der Waals surface area (Å²) >= 11 is 6.33. The van der Waals surface area contributed by atoms with E-state index in [1.807, 2.05) is 25.6 Å². The third-order valence-electron chi connectivity index (χ3n) is 3.95. The first-order valence-electron chi connectivity index (χ1n) is 6.73. The van der Waals surface area contributed by atoms with Gasteiger partial charge in [-0.3, -0.25) is 4.68 Å². The predicted octanol–water partition coefficient (Wildman–Crippen LogP) is 2.25. The normalized spacial score (nSPS) is 22.5. The van der Waals surface area contributed by atoms with Crippen molar-refractivity contribution in [3.8, 4) is 0 Å². The number of likely N-dealkylation sites (N-methyl/N-ethyl adjacent to an activating group) is 1. The van der Waals surface area contributed by atoms with Gasteiger partial charge in [0.05, 0.1) is 17.1 Å². The molecule has 2 atom stereocenters. The Morgan fingerprint density at radius 1 is 1.37 bits per heavy atom. The molecule has 1 saturated heterocycles. The molecule has 3 rings (SSSR count). The van der Waals surface area contributed by atoms with Gasteiger partial charge in [-0.25, -0.2) is 4.98 Å². The monoisotopic (exact) mass is 281 g/mol. The molecule has 0 saturated carbocycles. The molecule has 2 unspecified atom stereocenters. The number of aryl methyl sites for hydroxylation is 2. The van der Waals surface area contributed by atoms with E-state index in [9.17, 15) is 0 Å². The number of hydrogen-bond acceptors (Lipinski definition) is 3. The van der Waals surface area contributed by atoms with E-state index in [4.69, 9.17) is 16.6 Å². The first kappa shape index (κ1) is 12.9. The molecular weight excluding hydrogens is 262 g/mol. The van der Waals surface area contributed by atoms with Crippen molar-refractivity contribution < 1.29 is 0 Å². The van der Waals surface area contributed by atoms with Crippen molar-refractivity contribution in [2.75, 3.05) is 20.1 Å². The van der Waals surface area contributed by atoms with Gasteiger partial charge in [-0.05, 0) is 33.9 Å². The highest BCUT2D eigenvalue weighted by Crippen LogP contribution is 2.32. The minimum atomic E-state index is -0.0855. The minimum absolute atomic E-state index is 0.0855. The number of aromatic nitrogens is 4. The van der Waals surface area contributed by atoms with Gasteiger partial charge >= 0.3 is 0 Å². The smallest absolute Gasteiger partial charge is 0.159 e. The second-order valence-corrected chi connectivity index (χ2v) is 6.20. The Balaban J connectivity index is 2.21. The quantitative estimate of drug-likeness (QED) is 0.793. The van der Waals surface area contributed by atoms with Crippen LogP contribution in [0.2, 0.25) is 0 Å². The molecule has 104 valence electrons. The first-order valence-corrected chi connectivity index (χ1v) is 7.16. The summed E-state index contributed by atoms with van der Waals surface area (Å²) in [5.74, 6) is 0.966. The largest absolute Gasteiger partial charge is 0.307 e. The zero-order chi connectivity index (χ0) is 13.7. The van der Waals surface area contributed by atoms with Crippen LogP contribution >= 0.6 is 11.6 Å². The fourth-order valence-corrected chi connectivity index (χ4v) is 3.23. The lowest BCUT2D eigenvalue weighted by molar-refractivity contribution is 0.390. The third kappa shape index (κ3) is 1.96. The summed E-state index contributed by atoms with van der Waals surface area (Å²) in [6, 6.07) is 0.445. The first-order chi connectivity index (χ1) is 8.99. The summed E-state index contributed by atoms with van der Waals surface area (Å²) in [5.41, 5.74) is 3.06. The van der Waals surface area contributed by atoms with E-state index < -0.39 is 0 Å². The Kier molecular flexibility index (Phi) is 3.06. The van der Waals surface area contributed by atoms with Crippen LogP contribution in [-0.4, -0.2) is 44.4 Å². The number of hydrogen-bond donors (Lipinski definition) is 0. The molecule has 0 bridgehead atoms. The van der Waals surface area contributed by atoms with E-state index in [-0.39, 0.29) is 5.38 Å². The van der Waals surface area contributed by atoms with E-state index in [0.29, 0.717) is 6.04 Å². The summed E-state index contributed by atoms with van der Waals surface area (Å²) in [7, 11) is 4.14. The number of nitrogens with zero attached hydrogens (tertiary/aromatic N) is 5. The Morgan fingerprint density at radius 3 is 2.68 bits per heavy atom. The maximum Gasteiger partial charge on any atom is 0.159 e. The molecule has 1 aliphatic rings. The van der Waals surface area contributed by atoms with Crippen molar-refractivity contribution in [2.24, 2.45) is 7.05 Å². The second-order valence-electron chi connectivity index (χ2n) is 5.54. The maximum absolute atomic E-state index is 6.33. The highest BCUT2D eigenvalue weighted by Gasteiger charge is 2.29. The maximum atomic E-state index is 6.33. The average Bonchev–Trinajstić information content (AvgIpc) is 2.96. The number of imidazole rings is 1. The topological polar surface area (TPSA) is 38.9 Å². The molecule has 5 nitrogen and oxygen atoms in total. The lowest BCUT2D eigenvalue weighted by atomic mass is 10.2. The van der Waals surface area contributed by atoms with Crippen LogP contribution in [0.15, 0.2) is 0 Å². The van der Waals surface area contributed by atoms with Gasteiger partial charge in [-0.1, -0.05) is 0 Å². The number of fused-ring (bicyclic) bond motifs is 1. The number of alkyl halides is 1. The van der Waals surface area contributed by atoms with Gasteiger partial charge in [0.25, 0.3) is 0 Å². The molecule has 0 aliphatic carbocycles. The molecule has 0 aromatic carbocycles. The zero-order valence-corrected chi connectivity index (χ0v) is 12.6. The van der Waals surface area contributed by atoms with E-state index in [1.165, 1.54) is 0 Å². The van der Waals surface area contributed by atoms with Gasteiger partial charge in [0.2, 0.25) is 0 Å². The highest BCUT2D eigenvalue weighted by molar-refractivity contribution is 6.20. The molecule has 6 heteroatoms. The molecule has 0 spiro atoms. The van der Waals surface area contributed by atoms with Crippen molar-refractivity contribution in [1.29, 1.82) is 0 Å².